The van der Waals surface area contributed by atoms with Crippen molar-refractivity contribution in [1.29, 1.82) is 0 Å². The zero-order valence-corrected chi connectivity index (χ0v) is 20.4. The molecule has 0 atom stereocenters. The van der Waals surface area contributed by atoms with E-state index in [2.05, 4.69) is 53.7 Å². The fraction of sp³-hybridized carbons (Fsp3) is 0.773. The molecule has 8 nitrogen and oxygen atoms in total. The molecule has 0 radical (unpaired) electrons. The number of aliphatic imine (C=N–C) groups is 1. The molecule has 1 heterocycles. The number of rotatable bonds is 9. The second-order valence-corrected chi connectivity index (χ2v) is 8.60. The minimum absolute atomic E-state index is 0.397. The standard InChI is InChI=1S/C22H42N6O2/c1-10-17-16(18(11-2)28(9)27-17)14-24-19(23-8)25-15-22(12-3,13-4)26-20(29)30-21(5,6)7/h10-15H2,1-9H3,(H,26,29)(H2,23,24,25). The van der Waals surface area contributed by atoms with Gasteiger partial charge in [-0.3, -0.25) is 9.67 Å². The molecular weight excluding hydrogens is 380 g/mol. The molecule has 1 amide bonds. The van der Waals surface area contributed by atoms with Gasteiger partial charge < -0.3 is 20.7 Å². The highest BCUT2D eigenvalue weighted by Crippen LogP contribution is 2.17. The Morgan fingerprint density at radius 3 is 2.20 bits per heavy atom. The average Bonchev–Trinajstić information content (AvgIpc) is 3.00. The minimum atomic E-state index is -0.528. The lowest BCUT2D eigenvalue weighted by Gasteiger charge is -2.34. The summed E-state index contributed by atoms with van der Waals surface area (Å²) in [5.74, 6) is 0.695. The van der Waals surface area contributed by atoms with Crippen LogP contribution in [0.15, 0.2) is 4.99 Å². The number of carbonyl (C=O) groups excluding carboxylic acids is 1. The molecule has 172 valence electrons. The fourth-order valence-corrected chi connectivity index (χ4v) is 3.48. The van der Waals surface area contributed by atoms with Gasteiger partial charge in [0, 0.05) is 38.4 Å². The van der Waals surface area contributed by atoms with Gasteiger partial charge in [0.2, 0.25) is 0 Å². The van der Waals surface area contributed by atoms with Gasteiger partial charge in [0.15, 0.2) is 5.96 Å². The Morgan fingerprint density at radius 1 is 1.10 bits per heavy atom. The molecule has 1 aromatic rings. The predicted molar refractivity (Wildman–Crippen MR) is 123 cm³/mol. The van der Waals surface area contributed by atoms with Crippen molar-refractivity contribution in [2.45, 2.75) is 91.8 Å². The molecule has 0 aliphatic heterocycles. The summed E-state index contributed by atoms with van der Waals surface area (Å²) in [5.41, 5.74) is 2.63. The first-order valence-electron chi connectivity index (χ1n) is 11.0. The van der Waals surface area contributed by atoms with Crippen molar-refractivity contribution in [2.75, 3.05) is 13.6 Å². The summed E-state index contributed by atoms with van der Waals surface area (Å²) in [6.07, 6.45) is 2.98. The Hall–Kier alpha value is -2.25. The van der Waals surface area contributed by atoms with Gasteiger partial charge in [-0.1, -0.05) is 27.7 Å². The number of aromatic nitrogens is 2. The molecule has 30 heavy (non-hydrogen) atoms. The molecule has 0 bridgehead atoms. The molecule has 0 saturated heterocycles. The first-order valence-corrected chi connectivity index (χ1v) is 11.0. The van der Waals surface area contributed by atoms with Crippen LogP contribution in [0.1, 0.15) is 78.3 Å². The van der Waals surface area contributed by atoms with Gasteiger partial charge in [0.05, 0.1) is 11.2 Å². The Bertz CT molecular complexity index is 714. The number of ether oxygens (including phenoxy) is 1. The van der Waals surface area contributed by atoms with Gasteiger partial charge in [-0.15, -0.1) is 0 Å². The minimum Gasteiger partial charge on any atom is -0.444 e. The lowest BCUT2D eigenvalue weighted by atomic mass is 9.93. The second-order valence-electron chi connectivity index (χ2n) is 8.60. The fourth-order valence-electron chi connectivity index (χ4n) is 3.48. The van der Waals surface area contributed by atoms with Crippen LogP contribution in [0.3, 0.4) is 0 Å². The van der Waals surface area contributed by atoms with Gasteiger partial charge in [-0.05, 0) is 46.5 Å². The summed E-state index contributed by atoms with van der Waals surface area (Å²) < 4.78 is 7.42. The van der Waals surface area contributed by atoms with Crippen LogP contribution in [0.5, 0.6) is 0 Å². The van der Waals surface area contributed by atoms with E-state index >= 15 is 0 Å². The zero-order chi connectivity index (χ0) is 22.9. The van der Waals surface area contributed by atoms with Gasteiger partial charge in [0.1, 0.15) is 5.60 Å². The summed E-state index contributed by atoms with van der Waals surface area (Å²) in [5, 5.41) is 14.5. The van der Waals surface area contributed by atoms with E-state index in [-0.39, 0.29) is 0 Å². The molecule has 0 aliphatic carbocycles. The number of carbonyl (C=O) groups is 1. The van der Waals surface area contributed by atoms with Crippen LogP contribution in [-0.4, -0.2) is 46.6 Å². The van der Waals surface area contributed by atoms with Crippen molar-refractivity contribution in [1.82, 2.24) is 25.7 Å². The third kappa shape index (κ3) is 7.22. The van der Waals surface area contributed by atoms with Crippen LogP contribution < -0.4 is 16.0 Å². The summed E-state index contributed by atoms with van der Waals surface area (Å²) in [6, 6.07) is 0. The maximum absolute atomic E-state index is 12.3. The molecule has 0 spiro atoms. The van der Waals surface area contributed by atoms with Crippen molar-refractivity contribution in [3.05, 3.63) is 17.0 Å². The van der Waals surface area contributed by atoms with E-state index in [1.165, 1.54) is 11.3 Å². The second kappa shape index (κ2) is 11.2. The molecule has 0 aliphatic rings. The van der Waals surface area contributed by atoms with Crippen molar-refractivity contribution < 1.29 is 9.53 Å². The third-order valence-corrected chi connectivity index (χ3v) is 5.40. The maximum Gasteiger partial charge on any atom is 0.408 e. The Kier molecular flexibility index (Phi) is 9.65. The third-order valence-electron chi connectivity index (χ3n) is 5.40. The summed E-state index contributed by atoms with van der Waals surface area (Å²) in [4.78, 5) is 16.7. The molecule has 0 aromatic carbocycles. The summed E-state index contributed by atoms with van der Waals surface area (Å²) in [6.45, 7) is 15.2. The number of hydrogen-bond donors (Lipinski definition) is 3. The predicted octanol–water partition coefficient (Wildman–Crippen LogP) is 3.29. The molecular formula is C22H42N6O2. The van der Waals surface area contributed by atoms with Gasteiger partial charge in [-0.25, -0.2) is 4.79 Å². The topological polar surface area (TPSA) is 92.6 Å². The van der Waals surface area contributed by atoms with Crippen LogP contribution >= 0.6 is 0 Å². The Labute approximate surface area is 182 Å². The number of nitrogens with zero attached hydrogens (tertiary/aromatic N) is 3. The van der Waals surface area contributed by atoms with Crippen molar-refractivity contribution in [2.24, 2.45) is 12.0 Å². The average molecular weight is 423 g/mol. The van der Waals surface area contributed by atoms with E-state index in [4.69, 9.17) is 4.74 Å². The quantitative estimate of drug-likeness (QED) is 0.419. The van der Waals surface area contributed by atoms with Crippen LogP contribution in [0.25, 0.3) is 0 Å². The van der Waals surface area contributed by atoms with Crippen molar-refractivity contribution >= 4 is 12.1 Å². The molecule has 1 rings (SSSR count). The number of amides is 1. The highest BCUT2D eigenvalue weighted by Gasteiger charge is 2.30. The zero-order valence-electron chi connectivity index (χ0n) is 20.4. The smallest absolute Gasteiger partial charge is 0.408 e. The summed E-state index contributed by atoms with van der Waals surface area (Å²) in [7, 11) is 3.74. The van der Waals surface area contributed by atoms with Gasteiger partial charge >= 0.3 is 6.09 Å². The Balaban J connectivity index is 2.80. The largest absolute Gasteiger partial charge is 0.444 e. The van der Waals surface area contributed by atoms with E-state index in [0.29, 0.717) is 19.0 Å². The number of nitrogens with one attached hydrogen (secondary N) is 3. The van der Waals surface area contributed by atoms with E-state index in [1.54, 1.807) is 7.05 Å². The molecule has 3 N–H and O–H groups in total. The number of alkyl carbamates (subject to hydrolysis) is 1. The molecule has 8 heteroatoms. The van der Waals surface area contributed by atoms with E-state index in [0.717, 1.165) is 31.4 Å². The SMILES string of the molecule is CCc1nn(C)c(CC)c1CNC(=NC)NCC(CC)(CC)NC(=O)OC(C)(C)C. The van der Waals surface area contributed by atoms with Crippen LogP contribution in [-0.2, 0) is 31.2 Å². The first kappa shape index (κ1) is 25.8. The molecule has 0 saturated carbocycles. The van der Waals surface area contributed by atoms with E-state index in [1.807, 2.05) is 32.5 Å². The maximum atomic E-state index is 12.3. The first-order chi connectivity index (χ1) is 14.0. The van der Waals surface area contributed by atoms with Gasteiger partial charge in [-0.2, -0.15) is 5.10 Å². The van der Waals surface area contributed by atoms with E-state index in [9.17, 15) is 4.79 Å². The number of guanidine groups is 1. The monoisotopic (exact) mass is 422 g/mol. The number of hydrogen-bond acceptors (Lipinski definition) is 4. The normalized spacial score (nSPS) is 12.6. The van der Waals surface area contributed by atoms with Gasteiger partial charge in [0.25, 0.3) is 0 Å². The highest BCUT2D eigenvalue weighted by atomic mass is 16.6. The van der Waals surface area contributed by atoms with Crippen LogP contribution in [0, 0.1) is 0 Å². The summed E-state index contributed by atoms with van der Waals surface area (Å²) >= 11 is 0. The lowest BCUT2D eigenvalue weighted by molar-refractivity contribution is 0.0448. The molecule has 1 aromatic heterocycles. The van der Waals surface area contributed by atoms with Crippen molar-refractivity contribution in [3.8, 4) is 0 Å². The van der Waals surface area contributed by atoms with Crippen LogP contribution in [0.4, 0.5) is 4.79 Å². The van der Waals surface area contributed by atoms with Crippen LogP contribution in [0.2, 0.25) is 0 Å². The van der Waals surface area contributed by atoms with Crippen molar-refractivity contribution in [3.63, 3.8) is 0 Å². The Morgan fingerprint density at radius 2 is 1.73 bits per heavy atom. The molecule has 0 unspecified atom stereocenters. The highest BCUT2D eigenvalue weighted by molar-refractivity contribution is 5.80. The van der Waals surface area contributed by atoms with E-state index < -0.39 is 17.2 Å². The molecule has 0 fully saturated rings. The number of aryl methyl sites for hydroxylation is 2. The lowest BCUT2D eigenvalue weighted by Crippen LogP contribution is -2.57.